The molecule has 1 aromatic carbocycles. The zero-order valence-corrected chi connectivity index (χ0v) is 12.0. The number of rotatable bonds is 6. The number of hydrazine groups is 1. The maximum absolute atomic E-state index is 5.80. The molecular weight excluding hydrogens is 250 g/mol. The van der Waals surface area contributed by atoms with Gasteiger partial charge in [-0.05, 0) is 37.1 Å². The van der Waals surface area contributed by atoms with E-state index in [2.05, 4.69) is 17.3 Å². The Balaban J connectivity index is 2.36. The Labute approximate surface area is 120 Å². The molecule has 0 aliphatic carbocycles. The van der Waals surface area contributed by atoms with Crippen LogP contribution in [0, 0.1) is 6.92 Å². The van der Waals surface area contributed by atoms with Gasteiger partial charge in [0.1, 0.15) is 5.75 Å². The van der Waals surface area contributed by atoms with Crippen LogP contribution >= 0.6 is 0 Å². The van der Waals surface area contributed by atoms with Gasteiger partial charge in [0.2, 0.25) is 0 Å². The van der Waals surface area contributed by atoms with E-state index in [-0.39, 0.29) is 6.04 Å². The third-order valence-corrected chi connectivity index (χ3v) is 3.09. The van der Waals surface area contributed by atoms with Gasteiger partial charge >= 0.3 is 0 Å². The molecule has 106 valence electrons. The number of pyridine rings is 1. The van der Waals surface area contributed by atoms with E-state index < -0.39 is 0 Å². The number of para-hydroxylation sites is 1. The Kier molecular flexibility index (Phi) is 5.09. The predicted molar refractivity (Wildman–Crippen MR) is 80.4 cm³/mol. The van der Waals surface area contributed by atoms with Gasteiger partial charge in [-0.25, -0.2) is 5.43 Å². The number of hydrogen-bond donors (Lipinski definition) is 2. The molecule has 0 aliphatic heterocycles. The van der Waals surface area contributed by atoms with Crippen molar-refractivity contribution in [3.63, 3.8) is 0 Å². The normalized spacial score (nSPS) is 12.2. The van der Waals surface area contributed by atoms with Crippen LogP contribution in [-0.2, 0) is 0 Å². The molecule has 1 heterocycles. The Bertz CT molecular complexity index is 557. The minimum atomic E-state index is -0.178. The molecule has 4 nitrogen and oxygen atoms in total. The molecule has 4 heteroatoms. The van der Waals surface area contributed by atoms with Crippen LogP contribution in [0.1, 0.15) is 36.2 Å². The maximum Gasteiger partial charge on any atom is 0.124 e. The first-order valence-corrected chi connectivity index (χ1v) is 6.86. The van der Waals surface area contributed by atoms with E-state index in [0.717, 1.165) is 29.0 Å². The van der Waals surface area contributed by atoms with Crippen LogP contribution < -0.4 is 16.0 Å². The van der Waals surface area contributed by atoms with E-state index >= 15 is 0 Å². The molecule has 0 spiro atoms. The van der Waals surface area contributed by atoms with Crippen molar-refractivity contribution in [1.29, 1.82) is 0 Å². The Morgan fingerprint density at radius 3 is 2.80 bits per heavy atom. The summed E-state index contributed by atoms with van der Waals surface area (Å²) in [5, 5.41) is 0. The highest BCUT2D eigenvalue weighted by atomic mass is 16.5. The van der Waals surface area contributed by atoms with Gasteiger partial charge in [-0.3, -0.25) is 10.8 Å². The van der Waals surface area contributed by atoms with Gasteiger partial charge in [0.25, 0.3) is 0 Å². The number of nitrogens with one attached hydrogen (secondary N) is 1. The van der Waals surface area contributed by atoms with Crippen molar-refractivity contribution in [2.75, 3.05) is 6.61 Å². The molecule has 3 N–H and O–H groups in total. The molecule has 0 radical (unpaired) electrons. The summed E-state index contributed by atoms with van der Waals surface area (Å²) in [5.41, 5.74) is 5.88. The third kappa shape index (κ3) is 3.35. The minimum absolute atomic E-state index is 0.178. The van der Waals surface area contributed by atoms with Crippen molar-refractivity contribution in [3.05, 3.63) is 59.4 Å². The standard InChI is InChI=1S/C16H21N3O/c1-3-10-20-15-7-5-4-6-13(15)16(19-17)14-11-12(2)8-9-18-14/h4-9,11,16,19H,3,10,17H2,1-2H3. The molecule has 1 aromatic heterocycles. The lowest BCUT2D eigenvalue weighted by molar-refractivity contribution is 0.311. The first kappa shape index (κ1) is 14.5. The fourth-order valence-corrected chi connectivity index (χ4v) is 2.11. The largest absolute Gasteiger partial charge is 0.493 e. The number of ether oxygens (including phenoxy) is 1. The number of nitrogens with two attached hydrogens (primary N) is 1. The van der Waals surface area contributed by atoms with Crippen LogP contribution in [-0.4, -0.2) is 11.6 Å². The van der Waals surface area contributed by atoms with E-state index in [1.165, 1.54) is 0 Å². The van der Waals surface area contributed by atoms with Gasteiger partial charge in [-0.2, -0.15) is 0 Å². The van der Waals surface area contributed by atoms with E-state index in [1.807, 2.05) is 43.3 Å². The van der Waals surface area contributed by atoms with Crippen LogP contribution in [0.25, 0.3) is 0 Å². The molecule has 0 bridgehead atoms. The van der Waals surface area contributed by atoms with Crippen molar-refractivity contribution in [2.45, 2.75) is 26.3 Å². The summed E-state index contributed by atoms with van der Waals surface area (Å²) in [6, 6.07) is 11.7. The van der Waals surface area contributed by atoms with Crippen molar-refractivity contribution in [3.8, 4) is 5.75 Å². The second-order valence-corrected chi connectivity index (χ2v) is 4.74. The molecule has 2 aromatic rings. The summed E-state index contributed by atoms with van der Waals surface area (Å²) >= 11 is 0. The van der Waals surface area contributed by atoms with Gasteiger partial charge in [0, 0.05) is 11.8 Å². The second-order valence-electron chi connectivity index (χ2n) is 4.74. The van der Waals surface area contributed by atoms with Crippen molar-refractivity contribution in [2.24, 2.45) is 5.84 Å². The molecule has 0 aliphatic rings. The highest BCUT2D eigenvalue weighted by molar-refractivity contribution is 5.40. The molecule has 0 saturated carbocycles. The highest BCUT2D eigenvalue weighted by Gasteiger charge is 2.18. The van der Waals surface area contributed by atoms with E-state index in [9.17, 15) is 0 Å². The molecule has 1 atom stereocenters. The van der Waals surface area contributed by atoms with E-state index in [4.69, 9.17) is 10.6 Å². The Hall–Kier alpha value is -1.91. The number of hydrogen-bond acceptors (Lipinski definition) is 4. The molecule has 0 fully saturated rings. The van der Waals surface area contributed by atoms with Crippen molar-refractivity contribution < 1.29 is 4.74 Å². The summed E-state index contributed by atoms with van der Waals surface area (Å²) < 4.78 is 5.80. The zero-order valence-electron chi connectivity index (χ0n) is 12.0. The number of benzene rings is 1. The van der Waals surface area contributed by atoms with Gasteiger partial charge in [0.15, 0.2) is 0 Å². The summed E-state index contributed by atoms with van der Waals surface area (Å²) in [6.07, 6.45) is 2.77. The van der Waals surface area contributed by atoms with Crippen LogP contribution in [0.5, 0.6) is 5.75 Å². The van der Waals surface area contributed by atoms with Gasteiger partial charge < -0.3 is 4.74 Å². The van der Waals surface area contributed by atoms with Crippen LogP contribution in [0.3, 0.4) is 0 Å². The molecule has 0 saturated heterocycles. The summed E-state index contributed by atoms with van der Waals surface area (Å²) in [5.74, 6) is 6.59. The molecular formula is C16H21N3O. The van der Waals surface area contributed by atoms with Crippen LogP contribution in [0.2, 0.25) is 0 Å². The number of aromatic nitrogens is 1. The van der Waals surface area contributed by atoms with Gasteiger partial charge in [-0.15, -0.1) is 0 Å². The SMILES string of the molecule is CCCOc1ccccc1C(NN)c1cc(C)ccn1. The average molecular weight is 271 g/mol. The van der Waals surface area contributed by atoms with E-state index in [0.29, 0.717) is 6.61 Å². The number of nitrogens with zero attached hydrogens (tertiary/aromatic N) is 1. The lowest BCUT2D eigenvalue weighted by Crippen LogP contribution is -2.30. The number of aryl methyl sites for hydroxylation is 1. The van der Waals surface area contributed by atoms with Crippen LogP contribution in [0.4, 0.5) is 0 Å². The highest BCUT2D eigenvalue weighted by Crippen LogP contribution is 2.28. The van der Waals surface area contributed by atoms with E-state index in [1.54, 1.807) is 6.20 Å². The zero-order chi connectivity index (χ0) is 14.4. The Morgan fingerprint density at radius 1 is 1.30 bits per heavy atom. The summed E-state index contributed by atoms with van der Waals surface area (Å²) in [7, 11) is 0. The van der Waals surface area contributed by atoms with Crippen molar-refractivity contribution >= 4 is 0 Å². The topological polar surface area (TPSA) is 60.2 Å². The first-order valence-electron chi connectivity index (χ1n) is 6.86. The van der Waals surface area contributed by atoms with Crippen LogP contribution in [0.15, 0.2) is 42.6 Å². The minimum Gasteiger partial charge on any atom is -0.493 e. The fourth-order valence-electron chi connectivity index (χ4n) is 2.11. The monoisotopic (exact) mass is 271 g/mol. The first-order chi connectivity index (χ1) is 9.76. The summed E-state index contributed by atoms with van der Waals surface area (Å²) in [4.78, 5) is 4.41. The average Bonchev–Trinajstić information content (AvgIpc) is 2.47. The molecule has 0 amide bonds. The molecule has 1 unspecified atom stereocenters. The Morgan fingerprint density at radius 2 is 2.10 bits per heavy atom. The van der Waals surface area contributed by atoms with Gasteiger partial charge in [0.05, 0.1) is 18.3 Å². The lowest BCUT2D eigenvalue weighted by Gasteiger charge is -2.19. The smallest absolute Gasteiger partial charge is 0.124 e. The quantitative estimate of drug-likeness (QED) is 0.626. The van der Waals surface area contributed by atoms with Crippen molar-refractivity contribution in [1.82, 2.24) is 10.4 Å². The lowest BCUT2D eigenvalue weighted by atomic mass is 10.0. The third-order valence-electron chi connectivity index (χ3n) is 3.09. The second kappa shape index (κ2) is 7.03. The predicted octanol–water partition coefficient (Wildman–Crippen LogP) is 2.73. The maximum atomic E-state index is 5.80. The van der Waals surface area contributed by atoms with Gasteiger partial charge in [-0.1, -0.05) is 25.1 Å². The molecule has 20 heavy (non-hydrogen) atoms. The molecule has 2 rings (SSSR count). The fraction of sp³-hybridized carbons (Fsp3) is 0.312. The summed E-state index contributed by atoms with van der Waals surface area (Å²) in [6.45, 7) is 4.82.